The first-order valence-corrected chi connectivity index (χ1v) is 8.61. The second kappa shape index (κ2) is 6.87. The van der Waals surface area contributed by atoms with Crippen molar-refractivity contribution in [2.75, 3.05) is 6.61 Å². The largest absolute Gasteiger partial charge is 0.479 e. The van der Waals surface area contributed by atoms with Gasteiger partial charge in [0.1, 0.15) is 18.0 Å². The standard InChI is InChI=1S/C15H13ClFN3OS2/c1-2-7-21-13-9-12(11(17)8-10(13)16)18-14-19-5-3-4-6-20(19)15(22)23-14/h1,8-9H,3-7H2. The fraction of sp³-hybridized carbons (Fsp3) is 0.333. The van der Waals surface area contributed by atoms with Gasteiger partial charge in [-0.15, -0.1) is 6.42 Å². The first kappa shape index (κ1) is 16.2. The number of halogens is 2. The number of fused-ring (bicyclic) bond motifs is 1. The number of hydrogen-bond donors (Lipinski definition) is 0. The van der Waals surface area contributed by atoms with Crippen LogP contribution in [0.2, 0.25) is 5.02 Å². The monoisotopic (exact) mass is 369 g/mol. The van der Waals surface area contributed by atoms with Gasteiger partial charge in [-0.3, -0.25) is 9.36 Å². The van der Waals surface area contributed by atoms with Crippen molar-refractivity contribution in [2.24, 2.45) is 4.99 Å². The van der Waals surface area contributed by atoms with Gasteiger partial charge in [-0.1, -0.05) is 28.9 Å². The molecule has 23 heavy (non-hydrogen) atoms. The van der Waals surface area contributed by atoms with Crippen molar-refractivity contribution >= 4 is 40.8 Å². The Morgan fingerprint density at radius 1 is 1.39 bits per heavy atom. The third-order valence-electron chi connectivity index (χ3n) is 3.42. The molecule has 1 aromatic carbocycles. The molecule has 8 heteroatoms. The second-order valence-electron chi connectivity index (χ2n) is 4.94. The van der Waals surface area contributed by atoms with E-state index in [4.69, 9.17) is 35.0 Å². The molecule has 2 heterocycles. The topological polar surface area (TPSA) is 31.4 Å². The molecule has 1 aliphatic heterocycles. The van der Waals surface area contributed by atoms with Gasteiger partial charge in [-0.05, 0) is 31.1 Å². The van der Waals surface area contributed by atoms with Crippen molar-refractivity contribution in [3.05, 3.63) is 31.7 Å². The predicted octanol–water partition coefficient (Wildman–Crippen LogP) is 3.91. The second-order valence-corrected chi connectivity index (χ2v) is 6.95. The maximum Gasteiger partial charge on any atom is 0.207 e. The Labute approximate surface area is 146 Å². The fourth-order valence-corrected chi connectivity index (χ4v) is 3.86. The highest BCUT2D eigenvalue weighted by Gasteiger charge is 2.13. The first-order chi connectivity index (χ1) is 11.1. The maximum atomic E-state index is 14.2. The molecule has 0 atom stereocenters. The molecule has 1 aliphatic rings. The third-order valence-corrected chi connectivity index (χ3v) is 5.05. The SMILES string of the molecule is C#CCOc1cc(N=c2sc(=S)n3n2CCCC3)c(F)cc1Cl. The zero-order valence-electron chi connectivity index (χ0n) is 12.1. The Balaban J connectivity index is 2.09. The van der Waals surface area contributed by atoms with Crippen molar-refractivity contribution in [1.82, 2.24) is 9.36 Å². The molecule has 0 spiro atoms. The van der Waals surface area contributed by atoms with E-state index in [0.29, 0.717) is 10.6 Å². The highest BCUT2D eigenvalue weighted by molar-refractivity contribution is 7.73. The van der Waals surface area contributed by atoms with Crippen LogP contribution in [0.4, 0.5) is 10.1 Å². The summed E-state index contributed by atoms with van der Waals surface area (Å²) in [7, 11) is 0. The van der Waals surface area contributed by atoms with E-state index in [1.54, 1.807) is 0 Å². The van der Waals surface area contributed by atoms with Crippen LogP contribution in [-0.2, 0) is 13.1 Å². The predicted molar refractivity (Wildman–Crippen MR) is 91.3 cm³/mol. The normalized spacial score (nSPS) is 14.4. The van der Waals surface area contributed by atoms with Crippen LogP contribution in [0.25, 0.3) is 0 Å². The highest BCUT2D eigenvalue weighted by atomic mass is 35.5. The minimum Gasteiger partial charge on any atom is -0.479 e. The molecule has 1 aromatic heterocycles. The zero-order chi connectivity index (χ0) is 16.4. The van der Waals surface area contributed by atoms with Gasteiger partial charge in [0.05, 0.1) is 5.02 Å². The summed E-state index contributed by atoms with van der Waals surface area (Å²) < 4.78 is 24.2. The van der Waals surface area contributed by atoms with Crippen molar-refractivity contribution < 1.29 is 9.13 Å². The van der Waals surface area contributed by atoms with Gasteiger partial charge < -0.3 is 4.74 Å². The Morgan fingerprint density at radius 3 is 2.87 bits per heavy atom. The molecule has 2 aromatic rings. The van der Waals surface area contributed by atoms with Gasteiger partial charge in [0.25, 0.3) is 0 Å². The van der Waals surface area contributed by atoms with Crippen LogP contribution in [-0.4, -0.2) is 16.0 Å². The molecule has 0 saturated heterocycles. The molecule has 0 fully saturated rings. The summed E-state index contributed by atoms with van der Waals surface area (Å²) in [4.78, 5) is 5.08. The van der Waals surface area contributed by atoms with Gasteiger partial charge in [-0.25, -0.2) is 9.38 Å². The van der Waals surface area contributed by atoms with Crippen LogP contribution in [0, 0.1) is 22.1 Å². The van der Waals surface area contributed by atoms with Crippen molar-refractivity contribution in [3.63, 3.8) is 0 Å². The molecule has 120 valence electrons. The van der Waals surface area contributed by atoms with E-state index in [2.05, 4.69) is 10.9 Å². The van der Waals surface area contributed by atoms with E-state index in [-0.39, 0.29) is 17.3 Å². The molecular formula is C15H13ClFN3OS2. The van der Waals surface area contributed by atoms with E-state index in [1.165, 1.54) is 23.5 Å². The summed E-state index contributed by atoms with van der Waals surface area (Å²) >= 11 is 12.7. The van der Waals surface area contributed by atoms with E-state index >= 15 is 0 Å². The van der Waals surface area contributed by atoms with Crippen LogP contribution < -0.4 is 9.54 Å². The van der Waals surface area contributed by atoms with Gasteiger partial charge in [0, 0.05) is 19.2 Å². The quantitative estimate of drug-likeness (QED) is 0.606. The summed E-state index contributed by atoms with van der Waals surface area (Å²) in [6.07, 6.45) is 7.31. The van der Waals surface area contributed by atoms with Crippen LogP contribution in [0.5, 0.6) is 5.75 Å². The molecule has 3 rings (SSSR count). The van der Waals surface area contributed by atoms with Crippen molar-refractivity contribution in [1.29, 1.82) is 0 Å². The number of terminal acetylenes is 1. The van der Waals surface area contributed by atoms with E-state index in [1.807, 2.05) is 9.36 Å². The number of nitrogens with zero attached hydrogens (tertiary/aromatic N) is 3. The van der Waals surface area contributed by atoms with Crippen LogP contribution in [0.1, 0.15) is 12.8 Å². The molecule has 0 bridgehead atoms. The smallest absolute Gasteiger partial charge is 0.207 e. The summed E-state index contributed by atoms with van der Waals surface area (Å²) in [6.45, 7) is 1.74. The number of ether oxygens (including phenoxy) is 1. The summed E-state index contributed by atoms with van der Waals surface area (Å²) in [5.41, 5.74) is 0.152. The van der Waals surface area contributed by atoms with Crippen LogP contribution in [0.15, 0.2) is 17.1 Å². The lowest BCUT2D eigenvalue weighted by atomic mass is 10.3. The average Bonchev–Trinajstić information content (AvgIpc) is 2.85. The zero-order valence-corrected chi connectivity index (χ0v) is 14.5. The Hall–Kier alpha value is -1.62. The summed E-state index contributed by atoms with van der Waals surface area (Å²) in [5, 5.41) is 0.163. The summed E-state index contributed by atoms with van der Waals surface area (Å²) in [5.74, 6) is 2.14. The maximum absolute atomic E-state index is 14.2. The molecule has 0 unspecified atom stereocenters. The fourth-order valence-electron chi connectivity index (χ4n) is 2.35. The van der Waals surface area contributed by atoms with Crippen molar-refractivity contribution in [3.8, 4) is 18.1 Å². The lowest BCUT2D eigenvalue weighted by molar-refractivity contribution is 0.350. The lowest BCUT2D eigenvalue weighted by Gasteiger charge is -2.16. The van der Waals surface area contributed by atoms with Gasteiger partial charge in [0.2, 0.25) is 4.80 Å². The molecule has 0 amide bonds. The van der Waals surface area contributed by atoms with Crippen LogP contribution in [0.3, 0.4) is 0 Å². The lowest BCUT2D eigenvalue weighted by Crippen LogP contribution is -2.27. The number of hydrogen-bond acceptors (Lipinski definition) is 4. The average molecular weight is 370 g/mol. The number of aromatic nitrogens is 2. The van der Waals surface area contributed by atoms with E-state index in [0.717, 1.165) is 29.9 Å². The number of benzene rings is 1. The van der Waals surface area contributed by atoms with Gasteiger partial charge >= 0.3 is 0 Å². The first-order valence-electron chi connectivity index (χ1n) is 7.01. The Morgan fingerprint density at radius 2 is 2.13 bits per heavy atom. The molecular weight excluding hydrogens is 357 g/mol. The third kappa shape index (κ3) is 3.34. The summed E-state index contributed by atoms with van der Waals surface area (Å²) in [6, 6.07) is 2.64. The Bertz CT molecular complexity index is 907. The molecule has 0 saturated carbocycles. The molecule has 4 nitrogen and oxygen atoms in total. The van der Waals surface area contributed by atoms with Crippen LogP contribution >= 0.6 is 35.2 Å². The van der Waals surface area contributed by atoms with Crippen molar-refractivity contribution in [2.45, 2.75) is 25.9 Å². The van der Waals surface area contributed by atoms with E-state index < -0.39 is 5.82 Å². The Kier molecular flexibility index (Phi) is 4.85. The molecule has 0 N–H and O–H groups in total. The minimum atomic E-state index is -0.516. The highest BCUT2D eigenvalue weighted by Crippen LogP contribution is 2.32. The van der Waals surface area contributed by atoms with Gasteiger partial charge in [0.15, 0.2) is 9.77 Å². The number of rotatable bonds is 3. The van der Waals surface area contributed by atoms with E-state index in [9.17, 15) is 4.39 Å². The molecule has 0 aliphatic carbocycles. The van der Waals surface area contributed by atoms with Gasteiger partial charge in [-0.2, -0.15) is 0 Å². The minimum absolute atomic E-state index is 0.0557. The molecule has 0 radical (unpaired) electrons.